The van der Waals surface area contributed by atoms with Gasteiger partial charge in [-0.2, -0.15) is 11.3 Å². The number of ether oxygens (including phenoxy) is 1. The summed E-state index contributed by atoms with van der Waals surface area (Å²) in [7, 11) is 3.77. The molecule has 0 amide bonds. The molecule has 1 heterocycles. The molecular formula is C17H23NOS. The maximum atomic E-state index is 5.46. The Balaban J connectivity index is 1.97. The molecule has 2 aromatic rings. The minimum absolute atomic E-state index is 0.635. The second-order valence-electron chi connectivity index (χ2n) is 5.11. The van der Waals surface area contributed by atoms with E-state index in [2.05, 4.69) is 34.3 Å². The molecule has 0 aliphatic heterocycles. The molecule has 2 rings (SSSR count). The van der Waals surface area contributed by atoms with Crippen molar-refractivity contribution in [1.29, 1.82) is 0 Å². The van der Waals surface area contributed by atoms with E-state index in [1.165, 1.54) is 17.5 Å². The van der Waals surface area contributed by atoms with E-state index in [-0.39, 0.29) is 0 Å². The second-order valence-corrected chi connectivity index (χ2v) is 5.89. The number of rotatable bonds is 8. The van der Waals surface area contributed by atoms with Gasteiger partial charge in [-0.1, -0.05) is 18.2 Å². The molecule has 0 fully saturated rings. The molecular weight excluding hydrogens is 266 g/mol. The molecule has 1 unspecified atom stereocenters. The summed E-state index contributed by atoms with van der Waals surface area (Å²) in [5.74, 6) is 1.64. The van der Waals surface area contributed by atoms with Gasteiger partial charge in [0.05, 0.1) is 7.11 Å². The van der Waals surface area contributed by atoms with Crippen molar-refractivity contribution in [2.45, 2.75) is 19.3 Å². The average molecular weight is 289 g/mol. The molecule has 1 N–H and O–H groups in total. The first-order valence-electron chi connectivity index (χ1n) is 7.11. The Morgan fingerprint density at radius 3 is 2.80 bits per heavy atom. The number of benzene rings is 1. The van der Waals surface area contributed by atoms with Gasteiger partial charge in [-0.15, -0.1) is 0 Å². The van der Waals surface area contributed by atoms with Crippen molar-refractivity contribution in [2.75, 3.05) is 20.7 Å². The zero-order chi connectivity index (χ0) is 14.2. The SMILES string of the molecule is CNCC(CCc1ccsc1)Cc1ccccc1OC. The highest BCUT2D eigenvalue weighted by Gasteiger charge is 2.12. The molecule has 1 atom stereocenters. The summed E-state index contributed by atoms with van der Waals surface area (Å²) in [5, 5.41) is 7.72. The molecule has 0 aliphatic rings. The van der Waals surface area contributed by atoms with Gasteiger partial charge in [-0.05, 0) is 72.8 Å². The molecule has 20 heavy (non-hydrogen) atoms. The lowest BCUT2D eigenvalue weighted by Crippen LogP contribution is -2.21. The van der Waals surface area contributed by atoms with E-state index >= 15 is 0 Å². The van der Waals surface area contributed by atoms with E-state index in [1.807, 2.05) is 19.2 Å². The van der Waals surface area contributed by atoms with Gasteiger partial charge < -0.3 is 10.1 Å². The second kappa shape index (κ2) is 8.08. The van der Waals surface area contributed by atoms with Crippen LogP contribution in [0.1, 0.15) is 17.5 Å². The van der Waals surface area contributed by atoms with Crippen LogP contribution < -0.4 is 10.1 Å². The summed E-state index contributed by atoms with van der Waals surface area (Å²) in [6.45, 7) is 1.04. The number of hydrogen-bond donors (Lipinski definition) is 1. The fourth-order valence-electron chi connectivity index (χ4n) is 2.55. The third-order valence-electron chi connectivity index (χ3n) is 3.62. The Labute approximate surface area is 125 Å². The molecule has 0 saturated heterocycles. The smallest absolute Gasteiger partial charge is 0.122 e. The highest BCUT2D eigenvalue weighted by atomic mass is 32.1. The first-order chi connectivity index (χ1) is 9.83. The number of thiophene rings is 1. The van der Waals surface area contributed by atoms with Crippen molar-refractivity contribution < 1.29 is 4.74 Å². The van der Waals surface area contributed by atoms with Gasteiger partial charge >= 0.3 is 0 Å². The summed E-state index contributed by atoms with van der Waals surface area (Å²) in [6, 6.07) is 10.6. The van der Waals surface area contributed by atoms with Gasteiger partial charge in [0.1, 0.15) is 5.75 Å². The minimum atomic E-state index is 0.635. The lowest BCUT2D eigenvalue weighted by molar-refractivity contribution is 0.398. The Morgan fingerprint density at radius 1 is 1.25 bits per heavy atom. The molecule has 0 bridgehead atoms. The predicted octanol–water partition coefficient (Wildman–Crippen LogP) is 3.77. The van der Waals surface area contributed by atoms with E-state index in [1.54, 1.807) is 18.4 Å². The maximum Gasteiger partial charge on any atom is 0.122 e. The fourth-order valence-corrected chi connectivity index (χ4v) is 3.26. The number of methoxy groups -OCH3 is 1. The number of nitrogens with one attached hydrogen (secondary N) is 1. The van der Waals surface area contributed by atoms with Crippen molar-refractivity contribution in [2.24, 2.45) is 5.92 Å². The quantitative estimate of drug-likeness (QED) is 0.799. The Bertz CT molecular complexity index is 495. The fraction of sp³-hybridized carbons (Fsp3) is 0.412. The van der Waals surface area contributed by atoms with Crippen molar-refractivity contribution in [3.63, 3.8) is 0 Å². The van der Waals surface area contributed by atoms with Crippen LogP contribution in [0.15, 0.2) is 41.1 Å². The van der Waals surface area contributed by atoms with Crippen LogP contribution >= 0.6 is 11.3 Å². The van der Waals surface area contributed by atoms with Crippen LogP contribution in [0, 0.1) is 5.92 Å². The molecule has 3 heteroatoms. The lowest BCUT2D eigenvalue weighted by atomic mass is 9.93. The van der Waals surface area contributed by atoms with Crippen LogP contribution in [-0.2, 0) is 12.8 Å². The molecule has 1 aromatic carbocycles. The van der Waals surface area contributed by atoms with Crippen LogP contribution in [0.3, 0.4) is 0 Å². The molecule has 108 valence electrons. The lowest BCUT2D eigenvalue weighted by Gasteiger charge is -2.18. The van der Waals surface area contributed by atoms with E-state index in [0.29, 0.717) is 5.92 Å². The van der Waals surface area contributed by atoms with Gasteiger partial charge in [0.15, 0.2) is 0 Å². The molecule has 2 nitrogen and oxygen atoms in total. The zero-order valence-corrected chi connectivity index (χ0v) is 13.1. The molecule has 1 aromatic heterocycles. The van der Waals surface area contributed by atoms with Crippen molar-refractivity contribution in [3.05, 3.63) is 52.2 Å². The molecule has 0 spiro atoms. The standard InChI is InChI=1S/C17H23NOS/c1-18-12-15(8-7-14-9-10-20-13-14)11-16-5-3-4-6-17(16)19-2/h3-6,9-10,13,15,18H,7-8,11-12H2,1-2H3. The summed E-state index contributed by atoms with van der Waals surface area (Å²) in [6.07, 6.45) is 3.43. The van der Waals surface area contributed by atoms with Gasteiger partial charge in [-0.3, -0.25) is 0 Å². The molecule has 0 radical (unpaired) electrons. The first kappa shape index (κ1) is 15.1. The Kier molecular flexibility index (Phi) is 6.09. The monoisotopic (exact) mass is 289 g/mol. The van der Waals surface area contributed by atoms with Gasteiger partial charge in [0.2, 0.25) is 0 Å². The first-order valence-corrected chi connectivity index (χ1v) is 8.05. The third kappa shape index (κ3) is 4.36. The van der Waals surface area contributed by atoms with E-state index in [4.69, 9.17) is 4.74 Å². The van der Waals surface area contributed by atoms with Gasteiger partial charge in [0.25, 0.3) is 0 Å². The minimum Gasteiger partial charge on any atom is -0.496 e. The Hall–Kier alpha value is -1.32. The zero-order valence-electron chi connectivity index (χ0n) is 12.3. The summed E-state index contributed by atoms with van der Waals surface area (Å²) in [5.41, 5.74) is 2.76. The Morgan fingerprint density at radius 2 is 2.10 bits per heavy atom. The molecule has 0 saturated carbocycles. The predicted molar refractivity (Wildman–Crippen MR) is 86.8 cm³/mol. The van der Waals surface area contributed by atoms with Crippen LogP contribution in [0.25, 0.3) is 0 Å². The number of para-hydroxylation sites is 1. The van der Waals surface area contributed by atoms with Crippen LogP contribution in [0.5, 0.6) is 5.75 Å². The largest absolute Gasteiger partial charge is 0.496 e. The van der Waals surface area contributed by atoms with Crippen LogP contribution in [0.2, 0.25) is 0 Å². The summed E-state index contributed by atoms with van der Waals surface area (Å²) < 4.78 is 5.46. The van der Waals surface area contributed by atoms with Gasteiger partial charge in [-0.25, -0.2) is 0 Å². The highest BCUT2D eigenvalue weighted by molar-refractivity contribution is 7.07. The maximum absolute atomic E-state index is 5.46. The van der Waals surface area contributed by atoms with E-state index < -0.39 is 0 Å². The number of hydrogen-bond acceptors (Lipinski definition) is 3. The number of aryl methyl sites for hydroxylation is 1. The topological polar surface area (TPSA) is 21.3 Å². The van der Waals surface area contributed by atoms with E-state index in [9.17, 15) is 0 Å². The normalized spacial score (nSPS) is 12.3. The highest BCUT2D eigenvalue weighted by Crippen LogP contribution is 2.23. The molecule has 0 aliphatic carbocycles. The summed E-state index contributed by atoms with van der Waals surface area (Å²) in [4.78, 5) is 0. The third-order valence-corrected chi connectivity index (χ3v) is 4.35. The van der Waals surface area contributed by atoms with Crippen LogP contribution in [-0.4, -0.2) is 20.7 Å². The average Bonchev–Trinajstić information content (AvgIpc) is 2.99. The van der Waals surface area contributed by atoms with Crippen molar-refractivity contribution in [3.8, 4) is 5.75 Å². The van der Waals surface area contributed by atoms with Crippen molar-refractivity contribution >= 4 is 11.3 Å². The van der Waals surface area contributed by atoms with E-state index in [0.717, 1.165) is 25.1 Å². The van der Waals surface area contributed by atoms with Gasteiger partial charge in [0, 0.05) is 0 Å². The summed E-state index contributed by atoms with van der Waals surface area (Å²) >= 11 is 1.78. The van der Waals surface area contributed by atoms with Crippen LogP contribution in [0.4, 0.5) is 0 Å². The van der Waals surface area contributed by atoms with Crippen molar-refractivity contribution in [1.82, 2.24) is 5.32 Å².